The highest BCUT2D eigenvalue weighted by atomic mass is 32.2. The third kappa shape index (κ3) is 4.80. The van der Waals surface area contributed by atoms with Crippen molar-refractivity contribution in [1.82, 2.24) is 0 Å². The first-order valence-electron chi connectivity index (χ1n) is 8.73. The van der Waals surface area contributed by atoms with Crippen molar-refractivity contribution < 1.29 is 22.7 Å². The minimum atomic E-state index is -2.98. The van der Waals surface area contributed by atoms with Gasteiger partial charge < -0.3 is 14.8 Å². The molecule has 1 atom stereocenters. The number of hydrogen-bond donors (Lipinski definition) is 1. The zero-order valence-electron chi connectivity index (χ0n) is 15.4. The summed E-state index contributed by atoms with van der Waals surface area (Å²) in [5.41, 5.74) is 2.43. The van der Waals surface area contributed by atoms with Gasteiger partial charge in [-0.15, -0.1) is 0 Å². The minimum absolute atomic E-state index is 0.0974. The largest absolute Gasteiger partial charge is 0.497 e. The summed E-state index contributed by atoms with van der Waals surface area (Å²) >= 11 is 0. The van der Waals surface area contributed by atoms with Gasteiger partial charge in [0.25, 0.3) is 0 Å². The van der Waals surface area contributed by atoms with Crippen LogP contribution in [0.25, 0.3) is 11.1 Å². The fraction of sp³-hybridized carbons (Fsp3) is 0.350. The van der Waals surface area contributed by atoms with E-state index < -0.39 is 9.84 Å². The number of carbonyl (C=O) groups is 1. The van der Waals surface area contributed by atoms with Crippen molar-refractivity contribution in [3.63, 3.8) is 0 Å². The average molecular weight is 389 g/mol. The molecule has 0 radical (unpaired) electrons. The van der Waals surface area contributed by atoms with Crippen LogP contribution < -0.4 is 14.8 Å². The number of anilines is 1. The molecular weight excluding hydrogens is 366 g/mol. The Hall–Kier alpha value is -2.54. The second-order valence-corrected chi connectivity index (χ2v) is 8.89. The maximum absolute atomic E-state index is 12.3. The summed E-state index contributed by atoms with van der Waals surface area (Å²) in [7, 11) is 0.233. The summed E-state index contributed by atoms with van der Waals surface area (Å²) < 4.78 is 33.7. The molecule has 7 heteroatoms. The molecule has 1 aliphatic heterocycles. The van der Waals surface area contributed by atoms with Crippen LogP contribution in [0.5, 0.6) is 11.5 Å². The van der Waals surface area contributed by atoms with Gasteiger partial charge >= 0.3 is 0 Å². The molecule has 1 N–H and O–H groups in total. The van der Waals surface area contributed by atoms with Crippen molar-refractivity contribution >= 4 is 21.4 Å². The third-order valence-corrected chi connectivity index (χ3v) is 6.52. The van der Waals surface area contributed by atoms with Crippen molar-refractivity contribution in [2.24, 2.45) is 5.92 Å². The Morgan fingerprint density at radius 1 is 1.11 bits per heavy atom. The Balaban J connectivity index is 1.75. The molecule has 0 bridgehead atoms. The van der Waals surface area contributed by atoms with E-state index in [-0.39, 0.29) is 29.8 Å². The Kier molecular flexibility index (Phi) is 5.70. The van der Waals surface area contributed by atoms with Gasteiger partial charge in [0.05, 0.1) is 25.7 Å². The number of carbonyl (C=O) groups excluding carboxylic acids is 1. The van der Waals surface area contributed by atoms with Crippen LogP contribution in [0.15, 0.2) is 42.5 Å². The van der Waals surface area contributed by atoms with E-state index in [1.165, 1.54) is 0 Å². The van der Waals surface area contributed by atoms with Crippen molar-refractivity contribution in [1.29, 1.82) is 0 Å². The van der Waals surface area contributed by atoms with Gasteiger partial charge in [-0.1, -0.05) is 12.1 Å². The lowest BCUT2D eigenvalue weighted by atomic mass is 10.0. The summed E-state index contributed by atoms with van der Waals surface area (Å²) in [4.78, 5) is 12.3. The van der Waals surface area contributed by atoms with E-state index in [1.54, 1.807) is 26.4 Å². The monoisotopic (exact) mass is 389 g/mol. The van der Waals surface area contributed by atoms with Gasteiger partial charge in [-0.2, -0.15) is 0 Å². The number of methoxy groups -OCH3 is 2. The van der Waals surface area contributed by atoms with E-state index in [9.17, 15) is 13.2 Å². The zero-order chi connectivity index (χ0) is 19.4. The first kappa shape index (κ1) is 19.2. The second-order valence-electron chi connectivity index (χ2n) is 6.66. The van der Waals surface area contributed by atoms with Gasteiger partial charge in [0.15, 0.2) is 9.84 Å². The molecule has 1 aliphatic rings. The van der Waals surface area contributed by atoms with Gasteiger partial charge in [0.1, 0.15) is 11.5 Å². The Morgan fingerprint density at radius 2 is 1.85 bits per heavy atom. The van der Waals surface area contributed by atoms with Crippen LogP contribution in [0.2, 0.25) is 0 Å². The molecule has 0 unspecified atom stereocenters. The molecular formula is C20H23NO5S. The quantitative estimate of drug-likeness (QED) is 0.821. The average Bonchev–Trinajstić information content (AvgIpc) is 3.00. The number of rotatable bonds is 6. The van der Waals surface area contributed by atoms with Crippen molar-refractivity contribution in [3.05, 3.63) is 42.5 Å². The SMILES string of the molecule is COc1ccc(-c2cc(NC(=O)C[C@H]3CCS(=O)(=O)C3)ccc2OC)cc1. The number of benzene rings is 2. The van der Waals surface area contributed by atoms with Crippen LogP contribution >= 0.6 is 0 Å². The summed E-state index contributed by atoms with van der Waals surface area (Å²) in [5, 5.41) is 2.87. The highest BCUT2D eigenvalue weighted by molar-refractivity contribution is 7.91. The van der Waals surface area contributed by atoms with E-state index in [0.29, 0.717) is 17.9 Å². The summed E-state index contributed by atoms with van der Waals surface area (Å²) in [6, 6.07) is 13.0. The summed E-state index contributed by atoms with van der Waals surface area (Å²) in [5.74, 6) is 1.45. The Morgan fingerprint density at radius 3 is 2.44 bits per heavy atom. The van der Waals surface area contributed by atoms with Crippen LogP contribution in [-0.2, 0) is 14.6 Å². The maximum Gasteiger partial charge on any atom is 0.224 e. The number of nitrogens with one attached hydrogen (secondary N) is 1. The Labute approximate surface area is 159 Å². The molecule has 1 fully saturated rings. The normalized spacial score (nSPS) is 18.1. The molecule has 0 aromatic heterocycles. The van der Waals surface area contributed by atoms with Crippen LogP contribution in [0, 0.1) is 5.92 Å². The number of amides is 1. The van der Waals surface area contributed by atoms with E-state index in [4.69, 9.17) is 9.47 Å². The van der Waals surface area contributed by atoms with E-state index in [2.05, 4.69) is 5.32 Å². The molecule has 27 heavy (non-hydrogen) atoms. The van der Waals surface area contributed by atoms with Crippen molar-refractivity contribution in [3.8, 4) is 22.6 Å². The lowest BCUT2D eigenvalue weighted by Crippen LogP contribution is -2.17. The lowest BCUT2D eigenvalue weighted by molar-refractivity contribution is -0.116. The summed E-state index contributed by atoms with van der Waals surface area (Å²) in [6.45, 7) is 0. The number of hydrogen-bond acceptors (Lipinski definition) is 5. The zero-order valence-corrected chi connectivity index (χ0v) is 16.2. The predicted molar refractivity (Wildman–Crippen MR) is 105 cm³/mol. The predicted octanol–water partition coefficient (Wildman–Crippen LogP) is 3.13. The fourth-order valence-electron chi connectivity index (χ4n) is 3.29. The van der Waals surface area contributed by atoms with E-state index >= 15 is 0 Å². The first-order chi connectivity index (χ1) is 12.9. The fourth-order valence-corrected chi connectivity index (χ4v) is 5.15. The summed E-state index contributed by atoms with van der Waals surface area (Å²) in [6.07, 6.45) is 0.762. The minimum Gasteiger partial charge on any atom is -0.497 e. The first-order valence-corrected chi connectivity index (χ1v) is 10.5. The second kappa shape index (κ2) is 8.00. The van der Waals surface area contributed by atoms with Gasteiger partial charge in [-0.25, -0.2) is 8.42 Å². The Bertz CT molecular complexity index is 922. The molecule has 144 valence electrons. The molecule has 2 aromatic carbocycles. The van der Waals surface area contributed by atoms with Gasteiger partial charge in [-0.05, 0) is 48.2 Å². The van der Waals surface area contributed by atoms with E-state index in [1.807, 2.05) is 30.3 Å². The smallest absolute Gasteiger partial charge is 0.224 e. The van der Waals surface area contributed by atoms with Crippen LogP contribution in [-0.4, -0.2) is 40.1 Å². The molecule has 3 rings (SSSR count). The molecule has 2 aromatic rings. The van der Waals surface area contributed by atoms with Gasteiger partial charge in [0, 0.05) is 17.7 Å². The van der Waals surface area contributed by atoms with E-state index in [0.717, 1.165) is 16.9 Å². The molecule has 0 aliphatic carbocycles. The topological polar surface area (TPSA) is 81.7 Å². The van der Waals surface area contributed by atoms with Crippen molar-refractivity contribution in [2.75, 3.05) is 31.0 Å². The standard InChI is InChI=1S/C20H23NO5S/c1-25-17-6-3-15(4-7-17)18-12-16(5-8-19(18)26-2)21-20(22)11-14-9-10-27(23,24)13-14/h3-8,12,14H,9-11,13H2,1-2H3,(H,21,22)/t14-/m1/s1. The van der Waals surface area contributed by atoms with Crippen LogP contribution in [0.4, 0.5) is 5.69 Å². The van der Waals surface area contributed by atoms with Gasteiger partial charge in [-0.3, -0.25) is 4.79 Å². The third-order valence-electron chi connectivity index (χ3n) is 4.69. The molecule has 1 heterocycles. The number of sulfone groups is 1. The molecule has 6 nitrogen and oxygen atoms in total. The molecule has 1 amide bonds. The molecule has 1 saturated heterocycles. The van der Waals surface area contributed by atoms with Gasteiger partial charge in [0.2, 0.25) is 5.91 Å². The molecule has 0 spiro atoms. The van der Waals surface area contributed by atoms with Crippen LogP contribution in [0.3, 0.4) is 0 Å². The number of ether oxygens (including phenoxy) is 2. The van der Waals surface area contributed by atoms with Crippen molar-refractivity contribution in [2.45, 2.75) is 12.8 Å². The maximum atomic E-state index is 12.3. The highest BCUT2D eigenvalue weighted by Gasteiger charge is 2.29. The molecule has 0 saturated carbocycles. The highest BCUT2D eigenvalue weighted by Crippen LogP contribution is 2.33. The lowest BCUT2D eigenvalue weighted by Gasteiger charge is -2.13. The van der Waals surface area contributed by atoms with Crippen LogP contribution in [0.1, 0.15) is 12.8 Å².